The maximum atomic E-state index is 11.8. The van der Waals surface area contributed by atoms with Gasteiger partial charge >= 0.3 is 132 Å². The molecule has 0 aliphatic rings. The zero-order valence-corrected chi connectivity index (χ0v) is 16.0. The van der Waals surface area contributed by atoms with Gasteiger partial charge in [0.05, 0.1) is 0 Å². The first-order valence-corrected chi connectivity index (χ1v) is 16.4. The number of primary sulfonamides is 1. The maximum absolute atomic E-state index is 11.8. The van der Waals surface area contributed by atoms with E-state index in [1.165, 1.54) is 0 Å². The number of rotatable bonds is 9. The molecule has 5 heteroatoms. The van der Waals surface area contributed by atoms with Crippen LogP contribution in [0.2, 0.25) is 13.3 Å². The number of hydrogen-bond donors (Lipinski definition) is 1. The van der Waals surface area contributed by atoms with Crippen LogP contribution in [0.5, 0.6) is 0 Å². The summed E-state index contributed by atoms with van der Waals surface area (Å²) in [4.78, 5) is 0.239. The molecule has 0 fully saturated rings. The second-order valence-corrected chi connectivity index (χ2v) is 19.9. The number of allylic oxidation sites excluding steroid dienone is 3. The van der Waals surface area contributed by atoms with Gasteiger partial charge in [-0.15, -0.1) is 0 Å². The van der Waals surface area contributed by atoms with Gasteiger partial charge in [-0.1, -0.05) is 0 Å². The number of hydrogen-bond acceptors (Lipinski definition) is 2. The number of sulfonamides is 1. The van der Waals surface area contributed by atoms with Gasteiger partial charge in [-0.05, 0) is 0 Å². The normalized spacial score (nSPS) is 11.9. The molecule has 0 bridgehead atoms. The van der Waals surface area contributed by atoms with Crippen LogP contribution in [0.25, 0.3) is 0 Å². The van der Waals surface area contributed by atoms with Gasteiger partial charge in [0.2, 0.25) is 0 Å². The van der Waals surface area contributed by atoms with Gasteiger partial charge in [-0.3, -0.25) is 0 Å². The fourth-order valence-electron chi connectivity index (χ4n) is 2.72. The molecule has 0 aliphatic heterocycles. The Bertz CT molecular complexity index is 596. The summed E-state index contributed by atoms with van der Waals surface area (Å²) in [6.45, 7) is 11.6. The topological polar surface area (TPSA) is 60.2 Å². The molecule has 0 amide bonds. The standard InChI is InChI=1S/C7H8NO2S.3C3H5.Sn/c1-6-4-2-3-5-7(6)11(8,9)10;3*1-3-2;/h2-5H,1H2,(H2,8,9,10);3*3H,1-2H2;. The molecule has 3 nitrogen and oxygen atoms in total. The van der Waals surface area contributed by atoms with Crippen LogP contribution >= 0.6 is 0 Å². The van der Waals surface area contributed by atoms with Crippen molar-refractivity contribution in [2.45, 2.75) is 22.6 Å². The summed E-state index contributed by atoms with van der Waals surface area (Å²) in [5, 5.41) is 5.33. The Morgan fingerprint density at radius 2 is 1.48 bits per heavy atom. The van der Waals surface area contributed by atoms with Gasteiger partial charge in [0.15, 0.2) is 0 Å². The molecule has 0 aliphatic carbocycles. The molecule has 1 aromatic rings. The molecule has 0 unspecified atom stereocenters. The Morgan fingerprint density at radius 3 is 1.90 bits per heavy atom. The first-order valence-electron chi connectivity index (χ1n) is 6.82. The van der Waals surface area contributed by atoms with Crippen molar-refractivity contribution in [3.8, 4) is 0 Å². The molecule has 0 spiro atoms. The van der Waals surface area contributed by atoms with Crippen LogP contribution in [0.1, 0.15) is 5.56 Å². The second-order valence-electron chi connectivity index (χ2n) is 5.31. The summed E-state index contributed by atoms with van der Waals surface area (Å²) < 4.78 is 27.2. The van der Waals surface area contributed by atoms with E-state index in [0.29, 0.717) is 0 Å². The predicted octanol–water partition coefficient (Wildman–Crippen LogP) is 3.42. The van der Waals surface area contributed by atoms with Crippen LogP contribution in [-0.2, 0) is 14.5 Å². The quantitative estimate of drug-likeness (QED) is 0.499. The molecule has 114 valence electrons. The second kappa shape index (κ2) is 7.96. The molecule has 0 saturated heterocycles. The Morgan fingerprint density at radius 1 is 1.00 bits per heavy atom. The van der Waals surface area contributed by atoms with Gasteiger partial charge < -0.3 is 0 Å². The molecule has 2 N–H and O–H groups in total. The Labute approximate surface area is 132 Å². The molecule has 0 aromatic heterocycles. The van der Waals surface area contributed by atoms with E-state index in [1.54, 1.807) is 12.1 Å². The van der Waals surface area contributed by atoms with Crippen LogP contribution in [0.15, 0.2) is 67.1 Å². The number of benzene rings is 1. The summed E-state index contributed by atoms with van der Waals surface area (Å²) in [5.74, 6) is 0. The molecular formula is C16H23NO2SSn. The zero-order valence-electron chi connectivity index (χ0n) is 12.3. The van der Waals surface area contributed by atoms with Gasteiger partial charge in [-0.2, -0.15) is 0 Å². The van der Waals surface area contributed by atoms with E-state index in [2.05, 4.69) is 19.7 Å². The molecule has 0 saturated carbocycles. The third-order valence-electron chi connectivity index (χ3n) is 3.58. The van der Waals surface area contributed by atoms with Crippen LogP contribution in [0.3, 0.4) is 0 Å². The van der Waals surface area contributed by atoms with Crippen LogP contribution in [-0.4, -0.2) is 26.8 Å². The molecule has 0 atom stereocenters. The van der Waals surface area contributed by atoms with Crippen molar-refractivity contribution < 1.29 is 8.42 Å². The number of nitrogens with two attached hydrogens (primary N) is 1. The summed E-state index contributed by atoms with van der Waals surface area (Å²) in [6.07, 6.45) is 5.84. The van der Waals surface area contributed by atoms with Crippen molar-refractivity contribution in [3.05, 3.63) is 67.8 Å². The zero-order chi connectivity index (χ0) is 15.9. The predicted molar refractivity (Wildman–Crippen MR) is 92.3 cm³/mol. The Hall–Kier alpha value is -0.851. The first-order chi connectivity index (χ1) is 9.88. The molecule has 0 heterocycles. The summed E-state index contributed by atoms with van der Waals surface area (Å²) in [6, 6.07) is 7.00. The minimum atomic E-state index is -3.69. The van der Waals surface area contributed by atoms with Gasteiger partial charge in [0.1, 0.15) is 0 Å². The van der Waals surface area contributed by atoms with Crippen LogP contribution in [0.4, 0.5) is 0 Å². The fourth-order valence-corrected chi connectivity index (χ4v) is 14.9. The van der Waals surface area contributed by atoms with Crippen molar-refractivity contribution in [1.82, 2.24) is 0 Å². The van der Waals surface area contributed by atoms with Crippen molar-refractivity contribution in [3.63, 3.8) is 0 Å². The third kappa shape index (κ3) is 5.12. The average Bonchev–Trinajstić information content (AvgIpc) is 2.39. The van der Waals surface area contributed by atoms with Crippen LogP contribution in [0, 0.1) is 0 Å². The van der Waals surface area contributed by atoms with Gasteiger partial charge in [0.25, 0.3) is 0 Å². The molecule has 1 rings (SSSR count). The summed E-state index contributed by atoms with van der Waals surface area (Å²) in [5.41, 5.74) is 0.821. The van der Waals surface area contributed by atoms with Crippen LogP contribution < -0.4 is 5.14 Å². The van der Waals surface area contributed by atoms with E-state index < -0.39 is 28.4 Å². The molecule has 0 radical (unpaired) electrons. The molecule has 1 aromatic carbocycles. The Kier molecular flexibility index (Phi) is 6.90. The minimum absolute atomic E-state index is 0.239. The van der Waals surface area contributed by atoms with E-state index in [0.717, 1.165) is 23.3 Å². The fraction of sp³-hybridized carbons (Fsp3) is 0.250. The van der Waals surface area contributed by atoms with E-state index in [9.17, 15) is 8.42 Å². The average molecular weight is 412 g/mol. The van der Waals surface area contributed by atoms with E-state index in [1.807, 2.05) is 30.4 Å². The molecule has 21 heavy (non-hydrogen) atoms. The molecular weight excluding hydrogens is 389 g/mol. The van der Waals surface area contributed by atoms with E-state index >= 15 is 0 Å². The van der Waals surface area contributed by atoms with E-state index in [-0.39, 0.29) is 4.90 Å². The van der Waals surface area contributed by atoms with Crippen molar-refractivity contribution >= 4 is 28.4 Å². The van der Waals surface area contributed by atoms with Gasteiger partial charge in [0, 0.05) is 0 Å². The Balaban J connectivity index is 3.29. The summed E-state index contributed by atoms with van der Waals surface area (Å²) >= 11 is -2.67. The monoisotopic (exact) mass is 413 g/mol. The van der Waals surface area contributed by atoms with Gasteiger partial charge in [-0.25, -0.2) is 0 Å². The SMILES string of the molecule is C=C[CH2][Sn]([CH2]C=C)([CH2]C=C)[CH2]c1ccccc1S(N)(=O)=O. The van der Waals surface area contributed by atoms with E-state index in [4.69, 9.17) is 5.14 Å². The first kappa shape index (κ1) is 18.2. The summed E-state index contributed by atoms with van der Waals surface area (Å²) in [7, 11) is -3.69. The van der Waals surface area contributed by atoms with Crippen molar-refractivity contribution in [2.24, 2.45) is 5.14 Å². The van der Waals surface area contributed by atoms with Crippen molar-refractivity contribution in [2.75, 3.05) is 0 Å². The third-order valence-corrected chi connectivity index (χ3v) is 17.7. The van der Waals surface area contributed by atoms with Crippen molar-refractivity contribution in [1.29, 1.82) is 0 Å².